The first-order valence-electron chi connectivity index (χ1n) is 6.42. The van der Waals surface area contributed by atoms with Gasteiger partial charge in [-0.2, -0.15) is 0 Å². The van der Waals surface area contributed by atoms with Crippen LogP contribution in [-0.2, 0) is 9.53 Å². The van der Waals surface area contributed by atoms with Gasteiger partial charge in [0.1, 0.15) is 0 Å². The van der Waals surface area contributed by atoms with E-state index in [1.165, 1.54) is 0 Å². The first-order valence-corrected chi connectivity index (χ1v) is 6.42. The smallest absolute Gasteiger partial charge is 0.258 e. The molecule has 1 fully saturated rings. The lowest BCUT2D eigenvalue weighted by Crippen LogP contribution is -2.41. The molecule has 5 nitrogen and oxygen atoms in total. The predicted octanol–water partition coefficient (Wildman–Crippen LogP) is 1.37. The molecule has 0 spiro atoms. The Morgan fingerprint density at radius 3 is 2.68 bits per heavy atom. The van der Waals surface area contributed by atoms with Crippen LogP contribution in [0.1, 0.15) is 12.8 Å². The summed E-state index contributed by atoms with van der Waals surface area (Å²) in [6.45, 7) is 1.41. The third-order valence-corrected chi connectivity index (χ3v) is 3.01. The van der Waals surface area contributed by atoms with Crippen LogP contribution in [0.25, 0.3) is 0 Å². The van der Waals surface area contributed by atoms with Crippen molar-refractivity contribution in [3.05, 3.63) is 24.3 Å². The van der Waals surface area contributed by atoms with Gasteiger partial charge in [-0.15, -0.1) is 0 Å². The van der Waals surface area contributed by atoms with Crippen LogP contribution < -0.4 is 14.8 Å². The molecule has 19 heavy (non-hydrogen) atoms. The third-order valence-electron chi connectivity index (χ3n) is 3.01. The molecular weight excluding hydrogens is 246 g/mol. The zero-order chi connectivity index (χ0) is 13.5. The topological polar surface area (TPSA) is 56.8 Å². The highest BCUT2D eigenvalue weighted by atomic mass is 16.5. The Labute approximate surface area is 112 Å². The number of hydrogen-bond acceptors (Lipinski definition) is 4. The fraction of sp³-hybridized carbons (Fsp3) is 0.500. The van der Waals surface area contributed by atoms with Gasteiger partial charge in [-0.1, -0.05) is 12.1 Å². The minimum Gasteiger partial charge on any atom is -0.493 e. The number of methoxy groups -OCH3 is 1. The van der Waals surface area contributed by atoms with Gasteiger partial charge in [0.05, 0.1) is 7.11 Å². The quantitative estimate of drug-likeness (QED) is 0.873. The number of rotatable bonds is 5. The van der Waals surface area contributed by atoms with Gasteiger partial charge in [-0.3, -0.25) is 4.79 Å². The van der Waals surface area contributed by atoms with Crippen molar-refractivity contribution in [1.29, 1.82) is 0 Å². The summed E-state index contributed by atoms with van der Waals surface area (Å²) in [6, 6.07) is 7.47. The molecule has 0 aromatic heterocycles. The molecular formula is C14H19NO4. The van der Waals surface area contributed by atoms with Crippen molar-refractivity contribution < 1.29 is 19.0 Å². The van der Waals surface area contributed by atoms with Crippen molar-refractivity contribution in [3.8, 4) is 11.5 Å². The van der Waals surface area contributed by atoms with Crippen LogP contribution in [-0.4, -0.2) is 38.9 Å². The molecule has 104 valence electrons. The Morgan fingerprint density at radius 1 is 1.32 bits per heavy atom. The monoisotopic (exact) mass is 265 g/mol. The Hall–Kier alpha value is -1.75. The minimum absolute atomic E-state index is 0.00225. The molecule has 1 aliphatic heterocycles. The van der Waals surface area contributed by atoms with E-state index in [4.69, 9.17) is 14.2 Å². The van der Waals surface area contributed by atoms with Crippen molar-refractivity contribution in [3.63, 3.8) is 0 Å². The molecule has 1 aliphatic rings. The predicted molar refractivity (Wildman–Crippen MR) is 70.5 cm³/mol. The molecule has 1 N–H and O–H groups in total. The van der Waals surface area contributed by atoms with E-state index in [1.807, 2.05) is 12.1 Å². The van der Waals surface area contributed by atoms with E-state index in [0.29, 0.717) is 24.7 Å². The minimum atomic E-state index is -0.113. The first kappa shape index (κ1) is 13.7. The molecule has 2 rings (SSSR count). The average Bonchev–Trinajstić information content (AvgIpc) is 2.46. The number of nitrogens with one attached hydrogen (secondary N) is 1. The lowest BCUT2D eigenvalue weighted by molar-refractivity contribution is -0.124. The standard InChI is InChI=1S/C14H19NO4/c1-17-12-4-2-3-5-13(12)19-10-14(16)15-11-6-8-18-9-7-11/h2-5,11H,6-10H2,1H3,(H,15,16). The SMILES string of the molecule is COc1ccccc1OCC(=O)NC1CCOCC1. The van der Waals surface area contributed by atoms with Gasteiger partial charge in [0.25, 0.3) is 5.91 Å². The van der Waals surface area contributed by atoms with Crippen LogP contribution in [0.2, 0.25) is 0 Å². The number of amides is 1. The fourth-order valence-corrected chi connectivity index (χ4v) is 1.99. The second-order valence-corrected chi connectivity index (χ2v) is 4.39. The van der Waals surface area contributed by atoms with E-state index in [9.17, 15) is 4.79 Å². The fourth-order valence-electron chi connectivity index (χ4n) is 1.99. The van der Waals surface area contributed by atoms with Gasteiger partial charge < -0.3 is 19.5 Å². The summed E-state index contributed by atoms with van der Waals surface area (Å²) in [7, 11) is 1.57. The number of para-hydroxylation sites is 2. The lowest BCUT2D eigenvalue weighted by Gasteiger charge is -2.23. The van der Waals surface area contributed by atoms with Gasteiger partial charge in [0.15, 0.2) is 18.1 Å². The zero-order valence-electron chi connectivity index (χ0n) is 11.1. The zero-order valence-corrected chi connectivity index (χ0v) is 11.1. The van der Waals surface area contributed by atoms with Gasteiger partial charge >= 0.3 is 0 Å². The molecule has 0 radical (unpaired) electrons. The molecule has 0 bridgehead atoms. The third kappa shape index (κ3) is 4.13. The van der Waals surface area contributed by atoms with Crippen LogP contribution >= 0.6 is 0 Å². The summed E-state index contributed by atoms with van der Waals surface area (Å²) in [4.78, 5) is 11.8. The van der Waals surface area contributed by atoms with Crippen LogP contribution in [0.3, 0.4) is 0 Å². The number of hydrogen-bond donors (Lipinski definition) is 1. The highest BCUT2D eigenvalue weighted by molar-refractivity contribution is 5.77. The molecule has 0 aliphatic carbocycles. The largest absolute Gasteiger partial charge is 0.493 e. The van der Waals surface area contributed by atoms with Gasteiger partial charge in [0, 0.05) is 19.3 Å². The highest BCUT2D eigenvalue weighted by Gasteiger charge is 2.16. The summed E-state index contributed by atoms with van der Waals surface area (Å²) in [6.07, 6.45) is 1.72. The molecule has 0 unspecified atom stereocenters. The van der Waals surface area contributed by atoms with E-state index in [1.54, 1.807) is 19.2 Å². The van der Waals surface area contributed by atoms with E-state index in [-0.39, 0.29) is 18.6 Å². The molecule has 1 saturated heterocycles. The summed E-state index contributed by atoms with van der Waals surface area (Å²) >= 11 is 0. The Kier molecular flexibility index (Phi) is 5.03. The average molecular weight is 265 g/mol. The van der Waals surface area contributed by atoms with Crippen LogP contribution in [0, 0.1) is 0 Å². The number of benzene rings is 1. The summed E-state index contributed by atoms with van der Waals surface area (Å²) < 4.78 is 15.9. The summed E-state index contributed by atoms with van der Waals surface area (Å²) in [5.74, 6) is 1.09. The second kappa shape index (κ2) is 6.99. The first-order chi connectivity index (χ1) is 9.29. The maximum Gasteiger partial charge on any atom is 0.258 e. The molecule has 5 heteroatoms. The normalized spacial score (nSPS) is 15.8. The summed E-state index contributed by atoms with van der Waals surface area (Å²) in [5.41, 5.74) is 0. The molecule has 0 atom stereocenters. The van der Waals surface area contributed by atoms with Gasteiger partial charge in [-0.25, -0.2) is 0 Å². The Bertz CT molecular complexity index is 416. The van der Waals surface area contributed by atoms with Crippen molar-refractivity contribution in [2.45, 2.75) is 18.9 Å². The lowest BCUT2D eigenvalue weighted by atomic mass is 10.1. The Morgan fingerprint density at radius 2 is 2.00 bits per heavy atom. The second-order valence-electron chi connectivity index (χ2n) is 4.39. The summed E-state index contributed by atoms with van der Waals surface area (Å²) in [5, 5.41) is 2.94. The molecule has 0 saturated carbocycles. The van der Waals surface area contributed by atoms with E-state index in [2.05, 4.69) is 5.32 Å². The maximum atomic E-state index is 11.8. The maximum absolute atomic E-state index is 11.8. The van der Waals surface area contributed by atoms with E-state index >= 15 is 0 Å². The van der Waals surface area contributed by atoms with Crippen LogP contribution in [0.15, 0.2) is 24.3 Å². The van der Waals surface area contributed by atoms with Gasteiger partial charge in [0.2, 0.25) is 0 Å². The van der Waals surface area contributed by atoms with Crippen LogP contribution in [0.5, 0.6) is 11.5 Å². The molecule has 1 aromatic carbocycles. The van der Waals surface area contributed by atoms with Crippen molar-refractivity contribution in [2.75, 3.05) is 26.9 Å². The van der Waals surface area contributed by atoms with Crippen molar-refractivity contribution in [2.24, 2.45) is 0 Å². The van der Waals surface area contributed by atoms with Crippen molar-refractivity contribution >= 4 is 5.91 Å². The van der Waals surface area contributed by atoms with Crippen LogP contribution in [0.4, 0.5) is 0 Å². The Balaban J connectivity index is 1.79. The van der Waals surface area contributed by atoms with E-state index < -0.39 is 0 Å². The van der Waals surface area contributed by atoms with Crippen molar-refractivity contribution in [1.82, 2.24) is 5.32 Å². The molecule has 1 amide bonds. The number of carbonyl (C=O) groups is 1. The van der Waals surface area contributed by atoms with E-state index in [0.717, 1.165) is 12.8 Å². The molecule has 1 heterocycles. The number of ether oxygens (including phenoxy) is 3. The highest BCUT2D eigenvalue weighted by Crippen LogP contribution is 2.25. The van der Waals surface area contributed by atoms with Gasteiger partial charge in [-0.05, 0) is 25.0 Å². The number of carbonyl (C=O) groups excluding carboxylic acids is 1. The molecule has 1 aromatic rings.